The molecule has 2 aliphatic rings. The summed E-state index contributed by atoms with van der Waals surface area (Å²) in [6, 6.07) is 10.4. The lowest BCUT2D eigenvalue weighted by Crippen LogP contribution is -2.58. The van der Waals surface area contributed by atoms with Crippen LogP contribution >= 0.6 is 0 Å². The highest BCUT2D eigenvalue weighted by molar-refractivity contribution is 5.79. The summed E-state index contributed by atoms with van der Waals surface area (Å²) in [5.41, 5.74) is 1.46. The van der Waals surface area contributed by atoms with Crippen molar-refractivity contribution in [3.63, 3.8) is 0 Å². The first kappa shape index (κ1) is 18.2. The largest absolute Gasteiger partial charge is 0.381 e. The van der Waals surface area contributed by atoms with Crippen LogP contribution < -0.4 is 5.32 Å². The summed E-state index contributed by atoms with van der Waals surface area (Å²) >= 11 is 0. The van der Waals surface area contributed by atoms with E-state index in [2.05, 4.69) is 53.5 Å². The molecule has 1 N–H and O–H groups in total. The molecule has 2 heterocycles. The standard InChI is InChI=1S/C20H32N4O/c1-23(2)19(21-16-18-8-4-3-5-9-18)22-17-20(10-14-25-15-11-20)24-12-6-7-13-24/h3-5,8-9H,6-7,10-17H2,1-2H3,(H,21,22). The number of hydrogen-bond donors (Lipinski definition) is 1. The Bertz CT molecular complexity index is 546. The zero-order chi connectivity index (χ0) is 17.5. The fourth-order valence-electron chi connectivity index (χ4n) is 3.90. The van der Waals surface area contributed by atoms with Crippen molar-refractivity contribution in [3.8, 4) is 0 Å². The van der Waals surface area contributed by atoms with Gasteiger partial charge in [0.25, 0.3) is 0 Å². The molecule has 0 amide bonds. The third-order valence-electron chi connectivity index (χ3n) is 5.45. The molecule has 5 heteroatoms. The molecule has 1 aromatic rings. The fraction of sp³-hybridized carbons (Fsp3) is 0.650. The van der Waals surface area contributed by atoms with E-state index in [1.54, 1.807) is 0 Å². The van der Waals surface area contributed by atoms with Gasteiger partial charge in [-0.05, 0) is 44.3 Å². The SMILES string of the molecule is CN(C)C(=NCc1ccccc1)NCC1(N2CCCC2)CCOCC1. The first-order valence-corrected chi connectivity index (χ1v) is 9.52. The summed E-state index contributed by atoms with van der Waals surface area (Å²) in [7, 11) is 4.12. The maximum absolute atomic E-state index is 5.65. The van der Waals surface area contributed by atoms with E-state index in [0.29, 0.717) is 6.54 Å². The number of guanidine groups is 1. The first-order chi connectivity index (χ1) is 12.2. The van der Waals surface area contributed by atoms with Crippen LogP contribution in [0.3, 0.4) is 0 Å². The van der Waals surface area contributed by atoms with Gasteiger partial charge in [0.05, 0.1) is 6.54 Å². The van der Waals surface area contributed by atoms with Crippen LogP contribution in [0.4, 0.5) is 0 Å². The lowest BCUT2D eigenvalue weighted by molar-refractivity contribution is -0.0165. The fourth-order valence-corrected chi connectivity index (χ4v) is 3.90. The molecular formula is C20H32N4O. The Labute approximate surface area is 152 Å². The summed E-state index contributed by atoms with van der Waals surface area (Å²) < 4.78 is 5.65. The van der Waals surface area contributed by atoms with Gasteiger partial charge in [-0.25, -0.2) is 4.99 Å². The predicted molar refractivity (Wildman–Crippen MR) is 103 cm³/mol. The lowest BCUT2D eigenvalue weighted by Gasteiger charge is -2.45. The van der Waals surface area contributed by atoms with Gasteiger partial charge >= 0.3 is 0 Å². The number of nitrogens with zero attached hydrogens (tertiary/aromatic N) is 3. The van der Waals surface area contributed by atoms with Crippen LogP contribution in [0.25, 0.3) is 0 Å². The molecule has 0 spiro atoms. The molecule has 2 saturated heterocycles. The monoisotopic (exact) mass is 344 g/mol. The van der Waals surface area contributed by atoms with E-state index in [9.17, 15) is 0 Å². The second-order valence-electron chi connectivity index (χ2n) is 7.40. The molecule has 0 unspecified atom stereocenters. The van der Waals surface area contributed by atoms with Gasteiger partial charge in [-0.15, -0.1) is 0 Å². The Morgan fingerprint density at radius 3 is 2.48 bits per heavy atom. The topological polar surface area (TPSA) is 40.1 Å². The molecule has 0 atom stereocenters. The van der Waals surface area contributed by atoms with Crippen LogP contribution in [-0.2, 0) is 11.3 Å². The molecule has 0 aliphatic carbocycles. The highest BCUT2D eigenvalue weighted by Crippen LogP contribution is 2.30. The summed E-state index contributed by atoms with van der Waals surface area (Å²) in [5, 5.41) is 3.66. The Hall–Kier alpha value is -1.59. The van der Waals surface area contributed by atoms with E-state index in [4.69, 9.17) is 9.73 Å². The Balaban J connectivity index is 1.66. The highest BCUT2D eigenvalue weighted by Gasteiger charge is 2.39. The van der Waals surface area contributed by atoms with Crippen molar-refractivity contribution in [3.05, 3.63) is 35.9 Å². The molecule has 2 aliphatic heterocycles. The van der Waals surface area contributed by atoms with Gasteiger partial charge in [0.1, 0.15) is 0 Å². The van der Waals surface area contributed by atoms with Crippen molar-refractivity contribution in [2.75, 3.05) is 46.9 Å². The van der Waals surface area contributed by atoms with Crippen molar-refractivity contribution in [2.45, 2.75) is 37.8 Å². The summed E-state index contributed by atoms with van der Waals surface area (Å²) in [6.07, 6.45) is 4.87. The summed E-state index contributed by atoms with van der Waals surface area (Å²) in [6.45, 7) is 5.84. The lowest BCUT2D eigenvalue weighted by atomic mass is 9.88. The van der Waals surface area contributed by atoms with Gasteiger partial charge in [-0.3, -0.25) is 4.90 Å². The van der Waals surface area contributed by atoms with Crippen molar-refractivity contribution in [2.24, 2.45) is 4.99 Å². The van der Waals surface area contributed by atoms with Gasteiger partial charge in [-0.2, -0.15) is 0 Å². The maximum atomic E-state index is 5.65. The molecule has 2 fully saturated rings. The minimum Gasteiger partial charge on any atom is -0.381 e. The van der Waals surface area contributed by atoms with Crippen LogP contribution in [0.2, 0.25) is 0 Å². The van der Waals surface area contributed by atoms with Crippen LogP contribution in [0.1, 0.15) is 31.2 Å². The van der Waals surface area contributed by atoms with Crippen molar-refractivity contribution in [1.82, 2.24) is 15.1 Å². The number of hydrogen-bond acceptors (Lipinski definition) is 3. The normalized spacial score (nSPS) is 21.3. The molecule has 0 radical (unpaired) electrons. The van der Waals surface area contributed by atoms with E-state index in [1.807, 2.05) is 6.07 Å². The van der Waals surface area contributed by atoms with Crippen molar-refractivity contribution >= 4 is 5.96 Å². The van der Waals surface area contributed by atoms with Crippen LogP contribution in [0.5, 0.6) is 0 Å². The average Bonchev–Trinajstić information content (AvgIpc) is 3.18. The zero-order valence-corrected chi connectivity index (χ0v) is 15.7. The Morgan fingerprint density at radius 2 is 1.84 bits per heavy atom. The third kappa shape index (κ3) is 4.73. The molecule has 3 rings (SSSR count). The Kier molecular flexibility index (Phi) is 6.32. The Morgan fingerprint density at radius 1 is 1.16 bits per heavy atom. The molecule has 5 nitrogen and oxygen atoms in total. The van der Waals surface area contributed by atoms with Gasteiger partial charge in [-0.1, -0.05) is 30.3 Å². The second-order valence-corrected chi connectivity index (χ2v) is 7.40. The quantitative estimate of drug-likeness (QED) is 0.657. The third-order valence-corrected chi connectivity index (χ3v) is 5.45. The number of nitrogens with one attached hydrogen (secondary N) is 1. The van der Waals surface area contributed by atoms with Gasteiger partial charge in [0.15, 0.2) is 5.96 Å². The minimum atomic E-state index is 0.221. The highest BCUT2D eigenvalue weighted by atomic mass is 16.5. The van der Waals surface area contributed by atoms with Crippen LogP contribution in [-0.4, -0.2) is 68.2 Å². The average molecular weight is 345 g/mol. The number of ether oxygens (including phenoxy) is 1. The number of benzene rings is 1. The number of aliphatic imine (C=N–C) groups is 1. The minimum absolute atomic E-state index is 0.221. The summed E-state index contributed by atoms with van der Waals surface area (Å²) in [5.74, 6) is 0.967. The van der Waals surface area contributed by atoms with Crippen molar-refractivity contribution < 1.29 is 4.74 Å². The van der Waals surface area contributed by atoms with Gasteiger partial charge in [0, 0.05) is 39.4 Å². The molecule has 25 heavy (non-hydrogen) atoms. The molecular weight excluding hydrogens is 312 g/mol. The van der Waals surface area contributed by atoms with E-state index in [0.717, 1.165) is 38.6 Å². The molecule has 0 aromatic heterocycles. The maximum Gasteiger partial charge on any atom is 0.193 e. The smallest absolute Gasteiger partial charge is 0.193 e. The van der Waals surface area contributed by atoms with Gasteiger partial charge in [0.2, 0.25) is 0 Å². The number of likely N-dealkylation sites (tertiary alicyclic amines) is 1. The predicted octanol–water partition coefficient (Wildman–Crippen LogP) is 2.34. The van der Waals surface area contributed by atoms with Crippen LogP contribution in [0.15, 0.2) is 35.3 Å². The van der Waals surface area contributed by atoms with Crippen molar-refractivity contribution in [1.29, 1.82) is 0 Å². The molecule has 0 saturated carbocycles. The zero-order valence-electron chi connectivity index (χ0n) is 15.7. The number of rotatable bonds is 5. The summed E-state index contributed by atoms with van der Waals surface area (Å²) in [4.78, 5) is 9.59. The molecule has 138 valence electrons. The van der Waals surface area contributed by atoms with Gasteiger partial charge < -0.3 is 15.0 Å². The first-order valence-electron chi connectivity index (χ1n) is 9.52. The van der Waals surface area contributed by atoms with E-state index >= 15 is 0 Å². The second kappa shape index (κ2) is 8.68. The molecule has 0 bridgehead atoms. The van der Waals surface area contributed by atoms with E-state index < -0.39 is 0 Å². The van der Waals surface area contributed by atoms with E-state index in [-0.39, 0.29) is 5.54 Å². The van der Waals surface area contributed by atoms with E-state index in [1.165, 1.54) is 31.5 Å². The molecule has 1 aromatic carbocycles. The van der Waals surface area contributed by atoms with Crippen LogP contribution in [0, 0.1) is 0 Å².